The molecule has 0 unspecified atom stereocenters. The molecule has 0 fully saturated rings. The summed E-state index contributed by atoms with van der Waals surface area (Å²) in [6.07, 6.45) is 0.788. The molecule has 0 aliphatic rings. The third-order valence-corrected chi connectivity index (χ3v) is 2.50. The van der Waals surface area contributed by atoms with E-state index in [-0.39, 0.29) is 17.9 Å². The van der Waals surface area contributed by atoms with Gasteiger partial charge < -0.3 is 15.4 Å². The molecule has 5 heteroatoms. The molecule has 106 valence electrons. The van der Waals surface area contributed by atoms with E-state index in [1.165, 1.54) is 0 Å². The number of rotatable bonds is 5. The van der Waals surface area contributed by atoms with E-state index in [1.54, 1.807) is 0 Å². The van der Waals surface area contributed by atoms with Crippen molar-refractivity contribution in [2.24, 2.45) is 5.92 Å². The fraction of sp³-hybridized carbons (Fsp3) is 0.846. The normalized spacial score (nSPS) is 14.6. The van der Waals surface area contributed by atoms with Gasteiger partial charge in [-0.05, 0) is 33.6 Å². The van der Waals surface area contributed by atoms with Crippen molar-refractivity contribution < 1.29 is 14.3 Å². The molecule has 0 radical (unpaired) electrons. The van der Waals surface area contributed by atoms with Crippen LogP contribution in [-0.4, -0.2) is 30.2 Å². The lowest BCUT2D eigenvalue weighted by Gasteiger charge is -2.27. The Hall–Kier alpha value is -1.26. The van der Waals surface area contributed by atoms with Crippen molar-refractivity contribution in [3.63, 3.8) is 0 Å². The zero-order valence-corrected chi connectivity index (χ0v) is 12.3. The van der Waals surface area contributed by atoms with E-state index in [1.807, 2.05) is 41.5 Å². The van der Waals surface area contributed by atoms with E-state index in [0.29, 0.717) is 6.54 Å². The number of hydrogen-bond acceptors (Lipinski definition) is 3. The molecule has 0 aliphatic heterocycles. The lowest BCUT2D eigenvalue weighted by atomic mass is 9.99. The maximum absolute atomic E-state index is 12.0. The van der Waals surface area contributed by atoms with Gasteiger partial charge in [-0.2, -0.15) is 0 Å². The number of nitrogens with one attached hydrogen (secondary N) is 2. The van der Waals surface area contributed by atoms with Gasteiger partial charge in [0.25, 0.3) is 0 Å². The van der Waals surface area contributed by atoms with Crippen molar-refractivity contribution in [1.82, 2.24) is 10.6 Å². The molecule has 0 aromatic carbocycles. The van der Waals surface area contributed by atoms with Gasteiger partial charge in [0.1, 0.15) is 11.6 Å². The van der Waals surface area contributed by atoms with Crippen LogP contribution in [0.4, 0.5) is 4.79 Å². The molecule has 2 N–H and O–H groups in total. The first kappa shape index (κ1) is 16.7. The molecule has 0 saturated carbocycles. The van der Waals surface area contributed by atoms with Gasteiger partial charge in [0, 0.05) is 6.54 Å². The molecular weight excluding hydrogens is 232 g/mol. The molecule has 0 spiro atoms. The highest BCUT2D eigenvalue weighted by molar-refractivity contribution is 5.84. The molecular formula is C13H26N2O3. The van der Waals surface area contributed by atoms with Crippen molar-refractivity contribution in [3.05, 3.63) is 0 Å². The summed E-state index contributed by atoms with van der Waals surface area (Å²) in [6, 6.07) is -0.950. The van der Waals surface area contributed by atoms with E-state index >= 15 is 0 Å². The van der Waals surface area contributed by atoms with Crippen LogP contribution in [0, 0.1) is 5.92 Å². The molecule has 18 heavy (non-hydrogen) atoms. The van der Waals surface area contributed by atoms with Crippen molar-refractivity contribution in [1.29, 1.82) is 0 Å². The fourth-order valence-corrected chi connectivity index (χ4v) is 1.39. The van der Waals surface area contributed by atoms with Gasteiger partial charge in [0.2, 0.25) is 0 Å². The third-order valence-electron chi connectivity index (χ3n) is 2.50. The minimum Gasteiger partial charge on any atom is -0.458 e. The molecule has 2 atom stereocenters. The molecule has 0 rings (SSSR count). The average Bonchev–Trinajstić information content (AvgIpc) is 2.22. The maximum Gasteiger partial charge on any atom is 0.329 e. The fourth-order valence-electron chi connectivity index (χ4n) is 1.39. The van der Waals surface area contributed by atoms with E-state index in [4.69, 9.17) is 4.74 Å². The third kappa shape index (κ3) is 6.47. The second-order valence-electron chi connectivity index (χ2n) is 5.40. The Kier molecular flexibility index (Phi) is 6.73. The zero-order chi connectivity index (χ0) is 14.3. The van der Waals surface area contributed by atoms with Gasteiger partial charge in [-0.3, -0.25) is 0 Å². The van der Waals surface area contributed by atoms with Crippen LogP contribution in [0.2, 0.25) is 0 Å². The summed E-state index contributed by atoms with van der Waals surface area (Å²) in [7, 11) is 0. The maximum atomic E-state index is 12.0. The van der Waals surface area contributed by atoms with Crippen molar-refractivity contribution in [3.8, 4) is 0 Å². The first-order valence-corrected chi connectivity index (χ1v) is 6.48. The summed E-state index contributed by atoms with van der Waals surface area (Å²) in [5, 5.41) is 5.28. The smallest absolute Gasteiger partial charge is 0.329 e. The summed E-state index contributed by atoms with van der Waals surface area (Å²) in [4.78, 5) is 23.5. The number of carbonyl (C=O) groups excluding carboxylic acids is 2. The predicted molar refractivity (Wildman–Crippen MR) is 71.3 cm³/mol. The molecule has 0 aromatic rings. The Balaban J connectivity index is 4.68. The first-order valence-electron chi connectivity index (χ1n) is 6.48. The van der Waals surface area contributed by atoms with Crippen LogP contribution in [0.15, 0.2) is 0 Å². The first-order chi connectivity index (χ1) is 8.21. The van der Waals surface area contributed by atoms with Crippen molar-refractivity contribution >= 4 is 12.0 Å². The molecule has 0 saturated heterocycles. The van der Waals surface area contributed by atoms with Crippen molar-refractivity contribution in [2.45, 2.75) is 59.6 Å². The second-order valence-corrected chi connectivity index (χ2v) is 5.40. The van der Waals surface area contributed by atoms with E-state index in [2.05, 4.69) is 10.6 Å². The molecule has 5 nitrogen and oxygen atoms in total. The Bertz CT molecular complexity index is 284. The Labute approximate surface area is 110 Å². The van der Waals surface area contributed by atoms with Gasteiger partial charge in [0.15, 0.2) is 0 Å². The highest BCUT2D eigenvalue weighted by Gasteiger charge is 2.30. The zero-order valence-electron chi connectivity index (χ0n) is 12.3. The van der Waals surface area contributed by atoms with Gasteiger partial charge in [-0.1, -0.05) is 20.3 Å². The standard InChI is InChI=1S/C13H26N2O3/c1-7-9(3)10(15-12(17)14-8-2)11(16)18-13(4,5)6/h9-10H,7-8H2,1-6H3,(H2,14,15,17)/t9-,10-/m0/s1. The summed E-state index contributed by atoms with van der Waals surface area (Å²) in [5.74, 6) is -0.356. The molecule has 0 heterocycles. The Morgan fingerprint density at radius 1 is 1.22 bits per heavy atom. The van der Waals surface area contributed by atoms with Crippen LogP contribution in [-0.2, 0) is 9.53 Å². The van der Waals surface area contributed by atoms with Gasteiger partial charge in [-0.15, -0.1) is 0 Å². The summed E-state index contributed by atoms with van der Waals surface area (Å²) in [6.45, 7) is 11.7. The molecule has 0 aliphatic carbocycles. The number of hydrogen-bond donors (Lipinski definition) is 2. The quantitative estimate of drug-likeness (QED) is 0.742. The van der Waals surface area contributed by atoms with Crippen LogP contribution in [0.25, 0.3) is 0 Å². The number of carbonyl (C=O) groups is 2. The molecule has 2 amide bonds. The number of amides is 2. The Morgan fingerprint density at radius 3 is 2.17 bits per heavy atom. The van der Waals surface area contributed by atoms with Crippen molar-refractivity contribution in [2.75, 3.05) is 6.54 Å². The van der Waals surface area contributed by atoms with Crippen LogP contribution >= 0.6 is 0 Å². The largest absolute Gasteiger partial charge is 0.458 e. The van der Waals surface area contributed by atoms with Gasteiger partial charge >= 0.3 is 12.0 Å². The lowest BCUT2D eigenvalue weighted by molar-refractivity contribution is -0.158. The summed E-state index contributed by atoms with van der Waals surface area (Å²) < 4.78 is 5.32. The van der Waals surface area contributed by atoms with Gasteiger partial charge in [0.05, 0.1) is 0 Å². The van der Waals surface area contributed by atoms with Crippen LogP contribution in [0.3, 0.4) is 0 Å². The van der Waals surface area contributed by atoms with Crippen LogP contribution < -0.4 is 10.6 Å². The average molecular weight is 258 g/mol. The monoisotopic (exact) mass is 258 g/mol. The SMILES string of the molecule is CCNC(=O)N[C@H](C(=O)OC(C)(C)C)[C@@H](C)CC. The minimum absolute atomic E-state index is 0.0301. The number of urea groups is 1. The summed E-state index contributed by atoms with van der Waals surface area (Å²) >= 11 is 0. The van der Waals surface area contributed by atoms with E-state index in [9.17, 15) is 9.59 Å². The lowest BCUT2D eigenvalue weighted by Crippen LogP contribution is -2.50. The minimum atomic E-state index is -0.610. The summed E-state index contributed by atoms with van der Waals surface area (Å²) in [5.41, 5.74) is -0.550. The van der Waals surface area contributed by atoms with Gasteiger partial charge in [-0.25, -0.2) is 9.59 Å². The Morgan fingerprint density at radius 2 is 1.78 bits per heavy atom. The highest BCUT2D eigenvalue weighted by Crippen LogP contribution is 2.14. The van der Waals surface area contributed by atoms with Crippen LogP contribution in [0.1, 0.15) is 48.0 Å². The van der Waals surface area contributed by atoms with Crippen LogP contribution in [0.5, 0.6) is 0 Å². The molecule has 0 bridgehead atoms. The molecule has 0 aromatic heterocycles. The topological polar surface area (TPSA) is 67.4 Å². The predicted octanol–water partition coefficient (Wildman–Crippen LogP) is 2.06. The number of esters is 1. The van der Waals surface area contributed by atoms with E-state index in [0.717, 1.165) is 6.42 Å². The number of ether oxygens (including phenoxy) is 1. The van der Waals surface area contributed by atoms with E-state index < -0.39 is 11.6 Å². The second kappa shape index (κ2) is 7.24. The highest BCUT2D eigenvalue weighted by atomic mass is 16.6.